The number of anilines is 2. The highest BCUT2D eigenvalue weighted by molar-refractivity contribution is 6.11. The average molecular weight is 365 g/mol. The van der Waals surface area contributed by atoms with Gasteiger partial charge in [0.2, 0.25) is 0 Å². The molecule has 1 aliphatic rings. The Morgan fingerprint density at radius 1 is 1.15 bits per heavy atom. The molecule has 1 aromatic carbocycles. The first kappa shape index (κ1) is 16.8. The van der Waals surface area contributed by atoms with Gasteiger partial charge in [0.15, 0.2) is 0 Å². The third-order valence-electron chi connectivity index (χ3n) is 4.44. The standard InChI is InChI=1S/C19H13F2N5O/c1-22-17-11-25(16-7-6-13(9-24-16)18(20)21)19(27)26(17)15-10-23-8-12-4-2-3-5-14(12)15/h2-10,17-18H,11H2/t17-/m1/s1. The Hall–Kier alpha value is -3.60. The number of hydrogen-bond acceptors (Lipinski definition) is 3. The van der Waals surface area contributed by atoms with Crippen molar-refractivity contribution in [3.63, 3.8) is 0 Å². The number of rotatable bonds is 3. The van der Waals surface area contributed by atoms with Crippen LogP contribution >= 0.6 is 0 Å². The van der Waals surface area contributed by atoms with Crippen molar-refractivity contribution in [3.8, 4) is 0 Å². The molecule has 0 N–H and O–H groups in total. The van der Waals surface area contributed by atoms with Crippen LogP contribution in [0.25, 0.3) is 15.6 Å². The average Bonchev–Trinajstić information content (AvgIpc) is 3.03. The van der Waals surface area contributed by atoms with Crippen molar-refractivity contribution in [3.05, 3.63) is 72.0 Å². The van der Waals surface area contributed by atoms with Crippen molar-refractivity contribution in [2.75, 3.05) is 16.3 Å². The van der Waals surface area contributed by atoms with Crippen LogP contribution in [0.4, 0.5) is 25.1 Å². The molecule has 3 heterocycles. The lowest BCUT2D eigenvalue weighted by atomic mass is 10.1. The molecule has 1 fully saturated rings. The highest BCUT2D eigenvalue weighted by atomic mass is 19.3. The number of pyridine rings is 2. The molecule has 0 unspecified atom stereocenters. The zero-order valence-electron chi connectivity index (χ0n) is 14.0. The number of urea groups is 1. The summed E-state index contributed by atoms with van der Waals surface area (Å²) >= 11 is 0. The summed E-state index contributed by atoms with van der Waals surface area (Å²) in [5.74, 6) is 0.230. The Labute approximate surface area is 153 Å². The van der Waals surface area contributed by atoms with E-state index in [0.29, 0.717) is 5.69 Å². The third-order valence-corrected chi connectivity index (χ3v) is 4.44. The second-order valence-electron chi connectivity index (χ2n) is 6.00. The van der Waals surface area contributed by atoms with Crippen LogP contribution in [0.3, 0.4) is 0 Å². The first-order chi connectivity index (χ1) is 13.1. The molecule has 2 amide bonds. The number of aromatic nitrogens is 2. The number of hydrogen-bond donors (Lipinski definition) is 0. The second-order valence-corrected chi connectivity index (χ2v) is 6.00. The van der Waals surface area contributed by atoms with Crippen molar-refractivity contribution in [1.82, 2.24) is 9.97 Å². The van der Waals surface area contributed by atoms with Crippen LogP contribution in [0.15, 0.2) is 55.0 Å². The zero-order valence-corrected chi connectivity index (χ0v) is 14.0. The van der Waals surface area contributed by atoms with Gasteiger partial charge in [0.25, 0.3) is 6.43 Å². The van der Waals surface area contributed by atoms with Gasteiger partial charge in [-0.2, -0.15) is 0 Å². The molecule has 0 saturated carbocycles. The monoisotopic (exact) mass is 365 g/mol. The fourth-order valence-corrected chi connectivity index (χ4v) is 3.11. The van der Waals surface area contributed by atoms with Crippen molar-refractivity contribution in [2.45, 2.75) is 12.6 Å². The minimum Gasteiger partial charge on any atom is -0.287 e. The molecule has 0 bridgehead atoms. The van der Waals surface area contributed by atoms with Crippen LogP contribution in [0.2, 0.25) is 0 Å². The van der Waals surface area contributed by atoms with Crippen LogP contribution in [-0.4, -0.2) is 28.7 Å². The number of nitrogens with zero attached hydrogens (tertiary/aromatic N) is 5. The molecule has 3 aromatic rings. The maximum atomic E-state index is 13.0. The summed E-state index contributed by atoms with van der Waals surface area (Å²) in [6.07, 6.45) is 0.892. The lowest BCUT2D eigenvalue weighted by Crippen LogP contribution is -2.34. The second kappa shape index (κ2) is 6.61. The molecular formula is C19H13F2N5O. The molecule has 1 atom stereocenters. The lowest BCUT2D eigenvalue weighted by Gasteiger charge is -2.18. The summed E-state index contributed by atoms with van der Waals surface area (Å²) in [5, 5.41) is 1.65. The van der Waals surface area contributed by atoms with Gasteiger partial charge in [0.1, 0.15) is 12.4 Å². The molecule has 1 aliphatic heterocycles. The van der Waals surface area contributed by atoms with Crippen LogP contribution in [-0.2, 0) is 0 Å². The van der Waals surface area contributed by atoms with E-state index in [-0.39, 0.29) is 17.9 Å². The Morgan fingerprint density at radius 3 is 2.67 bits per heavy atom. The molecule has 6 nitrogen and oxygen atoms in total. The molecule has 0 aliphatic carbocycles. The molecule has 134 valence electrons. The molecule has 1 saturated heterocycles. The highest BCUT2D eigenvalue weighted by Gasteiger charge is 2.44. The number of carbonyl (C=O) groups excluding carboxylic acids is 1. The largest absolute Gasteiger partial charge is 0.336 e. The summed E-state index contributed by atoms with van der Waals surface area (Å²) in [4.78, 5) is 27.4. The quantitative estimate of drug-likeness (QED) is 0.652. The molecule has 0 radical (unpaired) electrons. The van der Waals surface area contributed by atoms with Gasteiger partial charge < -0.3 is 0 Å². The number of halogens is 2. The Bertz CT molecular complexity index is 1040. The van der Waals surface area contributed by atoms with Crippen LogP contribution < -0.4 is 9.80 Å². The highest BCUT2D eigenvalue weighted by Crippen LogP contribution is 2.33. The first-order valence-electron chi connectivity index (χ1n) is 8.14. The molecular weight excluding hydrogens is 352 g/mol. The first-order valence-corrected chi connectivity index (χ1v) is 8.14. The Balaban J connectivity index is 1.74. The van der Waals surface area contributed by atoms with Gasteiger partial charge in [-0.25, -0.2) is 30.0 Å². The summed E-state index contributed by atoms with van der Waals surface area (Å²) in [5.41, 5.74) is 0.313. The van der Waals surface area contributed by atoms with Crippen molar-refractivity contribution >= 4 is 28.3 Å². The van der Waals surface area contributed by atoms with E-state index in [4.69, 9.17) is 6.57 Å². The number of carbonyl (C=O) groups is 1. The van der Waals surface area contributed by atoms with E-state index in [0.717, 1.165) is 17.0 Å². The van der Waals surface area contributed by atoms with Gasteiger partial charge in [0, 0.05) is 28.7 Å². The third kappa shape index (κ3) is 2.83. The fourth-order valence-electron chi connectivity index (χ4n) is 3.11. The molecule has 27 heavy (non-hydrogen) atoms. The van der Waals surface area contributed by atoms with Gasteiger partial charge in [-0.05, 0) is 12.1 Å². The van der Waals surface area contributed by atoms with E-state index in [2.05, 4.69) is 14.8 Å². The van der Waals surface area contributed by atoms with Gasteiger partial charge in [-0.3, -0.25) is 14.7 Å². The van der Waals surface area contributed by atoms with Crippen molar-refractivity contribution in [1.29, 1.82) is 0 Å². The van der Waals surface area contributed by atoms with Gasteiger partial charge in [0.05, 0.1) is 11.9 Å². The number of alkyl halides is 2. The van der Waals surface area contributed by atoms with E-state index < -0.39 is 18.6 Å². The van der Waals surface area contributed by atoms with E-state index >= 15 is 0 Å². The fraction of sp³-hybridized carbons (Fsp3) is 0.158. The number of benzene rings is 1. The molecule has 2 aromatic heterocycles. The smallest absolute Gasteiger partial charge is 0.287 e. The van der Waals surface area contributed by atoms with Crippen LogP contribution in [0.1, 0.15) is 12.0 Å². The van der Waals surface area contributed by atoms with Gasteiger partial charge in [-0.1, -0.05) is 24.3 Å². The van der Waals surface area contributed by atoms with Crippen molar-refractivity contribution in [2.24, 2.45) is 0 Å². The van der Waals surface area contributed by atoms with E-state index in [1.807, 2.05) is 24.3 Å². The predicted octanol–water partition coefficient (Wildman–Crippen LogP) is 4.26. The maximum Gasteiger partial charge on any atom is 0.336 e. The van der Waals surface area contributed by atoms with Crippen LogP contribution in [0.5, 0.6) is 0 Å². The number of amides is 2. The SMILES string of the molecule is [C-]#[N+][C@H]1CN(c2ccc(C(F)F)cn2)C(=O)N1c1cncc2ccccc12. The topological polar surface area (TPSA) is 53.7 Å². The summed E-state index contributed by atoms with van der Waals surface area (Å²) in [7, 11) is 0. The summed E-state index contributed by atoms with van der Waals surface area (Å²) < 4.78 is 25.5. The van der Waals surface area contributed by atoms with E-state index in [9.17, 15) is 13.6 Å². The Kier molecular flexibility index (Phi) is 4.12. The molecule has 8 heteroatoms. The van der Waals surface area contributed by atoms with Crippen molar-refractivity contribution < 1.29 is 13.6 Å². The lowest BCUT2D eigenvalue weighted by molar-refractivity contribution is 0.151. The molecule has 4 rings (SSSR count). The minimum absolute atomic E-state index is 0.0899. The van der Waals surface area contributed by atoms with Crippen LogP contribution in [0, 0.1) is 6.57 Å². The predicted molar refractivity (Wildman–Crippen MR) is 96.5 cm³/mol. The number of fused-ring (bicyclic) bond motifs is 1. The van der Waals surface area contributed by atoms with E-state index in [1.54, 1.807) is 12.4 Å². The normalized spacial score (nSPS) is 17.0. The van der Waals surface area contributed by atoms with E-state index in [1.165, 1.54) is 21.9 Å². The summed E-state index contributed by atoms with van der Waals surface area (Å²) in [6.45, 7) is 7.57. The maximum absolute atomic E-state index is 13.0. The summed E-state index contributed by atoms with van der Waals surface area (Å²) in [6, 6.07) is 9.61. The van der Waals surface area contributed by atoms with Gasteiger partial charge >= 0.3 is 12.2 Å². The molecule has 0 spiro atoms. The zero-order chi connectivity index (χ0) is 19.0. The Morgan fingerprint density at radius 2 is 1.96 bits per heavy atom. The van der Waals surface area contributed by atoms with Gasteiger partial charge in [-0.15, -0.1) is 0 Å². The minimum atomic E-state index is -2.63.